The van der Waals surface area contributed by atoms with Gasteiger partial charge in [-0.05, 0) is 37.1 Å². The van der Waals surface area contributed by atoms with Gasteiger partial charge in [-0.2, -0.15) is 0 Å². The smallest absolute Gasteiger partial charge is 0.244 e. The van der Waals surface area contributed by atoms with E-state index in [0.29, 0.717) is 6.54 Å². The lowest BCUT2D eigenvalue weighted by molar-refractivity contribution is -0.133. The van der Waals surface area contributed by atoms with E-state index in [1.54, 1.807) is 12.4 Å². The van der Waals surface area contributed by atoms with Gasteiger partial charge in [0.2, 0.25) is 11.8 Å². The molecule has 2 aromatic rings. The molecule has 0 aliphatic heterocycles. The molecule has 0 bridgehead atoms. The topological polar surface area (TPSA) is 62.3 Å². The number of pyridine rings is 1. The summed E-state index contributed by atoms with van der Waals surface area (Å²) < 4.78 is 0. The van der Waals surface area contributed by atoms with E-state index < -0.39 is 0 Å². The second-order valence-corrected chi connectivity index (χ2v) is 5.60. The molecule has 1 heterocycles. The highest BCUT2D eigenvalue weighted by molar-refractivity contribution is 5.94. The molecule has 0 aliphatic carbocycles. The highest BCUT2D eigenvalue weighted by Crippen LogP contribution is 2.16. The third-order valence-corrected chi connectivity index (χ3v) is 3.53. The van der Waals surface area contributed by atoms with E-state index in [1.807, 2.05) is 44.2 Å². The molecule has 23 heavy (non-hydrogen) atoms. The van der Waals surface area contributed by atoms with Gasteiger partial charge >= 0.3 is 0 Å². The van der Waals surface area contributed by atoms with E-state index in [4.69, 9.17) is 0 Å². The maximum atomic E-state index is 12.2. The normalized spacial score (nSPS) is 10.2. The predicted molar refractivity (Wildman–Crippen MR) is 89.9 cm³/mol. The molecule has 5 nitrogen and oxygen atoms in total. The first kappa shape index (κ1) is 16.7. The highest BCUT2D eigenvalue weighted by Gasteiger charge is 2.15. The van der Waals surface area contributed by atoms with Crippen molar-refractivity contribution in [2.45, 2.75) is 27.3 Å². The van der Waals surface area contributed by atoms with Gasteiger partial charge in [-0.15, -0.1) is 0 Å². The molecule has 5 heteroatoms. The number of hydrogen-bond acceptors (Lipinski definition) is 3. The summed E-state index contributed by atoms with van der Waals surface area (Å²) in [7, 11) is 0. The summed E-state index contributed by atoms with van der Waals surface area (Å²) >= 11 is 0. The number of amides is 2. The summed E-state index contributed by atoms with van der Waals surface area (Å²) in [6.07, 6.45) is 3.37. The second-order valence-electron chi connectivity index (χ2n) is 5.60. The zero-order chi connectivity index (χ0) is 16.8. The average molecular weight is 311 g/mol. The summed E-state index contributed by atoms with van der Waals surface area (Å²) in [6, 6.07) is 9.52. The van der Waals surface area contributed by atoms with Crippen LogP contribution in [-0.4, -0.2) is 28.2 Å². The molecule has 0 spiro atoms. The maximum absolute atomic E-state index is 12.2. The van der Waals surface area contributed by atoms with Crippen molar-refractivity contribution in [1.29, 1.82) is 0 Å². The van der Waals surface area contributed by atoms with Gasteiger partial charge in [0, 0.05) is 31.5 Å². The van der Waals surface area contributed by atoms with Gasteiger partial charge in [-0.1, -0.05) is 23.8 Å². The first-order valence-corrected chi connectivity index (χ1v) is 7.47. The van der Waals surface area contributed by atoms with E-state index in [1.165, 1.54) is 11.8 Å². The van der Waals surface area contributed by atoms with E-state index in [9.17, 15) is 9.59 Å². The summed E-state index contributed by atoms with van der Waals surface area (Å²) in [4.78, 5) is 29.5. The number of aryl methyl sites for hydroxylation is 2. The monoisotopic (exact) mass is 311 g/mol. The number of carbonyl (C=O) groups is 2. The molecule has 0 aliphatic rings. The first-order chi connectivity index (χ1) is 11.0. The maximum Gasteiger partial charge on any atom is 0.244 e. The number of anilines is 1. The third-order valence-electron chi connectivity index (χ3n) is 3.53. The minimum Gasteiger partial charge on any atom is -0.329 e. The Hall–Kier alpha value is -2.69. The van der Waals surface area contributed by atoms with Gasteiger partial charge in [-0.25, -0.2) is 0 Å². The summed E-state index contributed by atoms with van der Waals surface area (Å²) in [5.41, 5.74) is 3.80. The van der Waals surface area contributed by atoms with Crippen molar-refractivity contribution in [1.82, 2.24) is 9.88 Å². The lowest BCUT2D eigenvalue weighted by atomic mass is 10.1. The molecular formula is C18H21N3O2. The Kier molecular flexibility index (Phi) is 5.46. The molecule has 1 aromatic carbocycles. The van der Waals surface area contributed by atoms with Crippen molar-refractivity contribution < 1.29 is 9.59 Å². The van der Waals surface area contributed by atoms with Crippen molar-refractivity contribution in [2.24, 2.45) is 0 Å². The van der Waals surface area contributed by atoms with Crippen LogP contribution < -0.4 is 5.32 Å². The largest absolute Gasteiger partial charge is 0.329 e. The predicted octanol–water partition coefficient (Wildman–Crippen LogP) is 2.69. The Morgan fingerprint density at radius 2 is 2.00 bits per heavy atom. The molecule has 1 aromatic heterocycles. The number of nitrogens with zero attached hydrogens (tertiary/aromatic N) is 2. The molecule has 0 unspecified atom stereocenters. The summed E-state index contributed by atoms with van der Waals surface area (Å²) in [5.74, 6) is -0.360. The van der Waals surface area contributed by atoms with E-state index in [-0.39, 0.29) is 18.4 Å². The van der Waals surface area contributed by atoms with Crippen LogP contribution in [0.25, 0.3) is 0 Å². The lowest BCUT2D eigenvalue weighted by Gasteiger charge is -2.21. The number of carbonyl (C=O) groups excluding carboxylic acids is 2. The molecule has 0 atom stereocenters. The molecule has 2 rings (SSSR count). The van der Waals surface area contributed by atoms with Crippen molar-refractivity contribution in [2.75, 3.05) is 11.9 Å². The van der Waals surface area contributed by atoms with Gasteiger partial charge in [0.15, 0.2) is 0 Å². The fraction of sp³-hybridized carbons (Fsp3) is 0.278. The summed E-state index contributed by atoms with van der Waals surface area (Å²) in [5, 5.41) is 2.86. The number of nitrogens with one attached hydrogen (secondary N) is 1. The van der Waals surface area contributed by atoms with E-state index in [2.05, 4.69) is 10.3 Å². The van der Waals surface area contributed by atoms with Crippen LogP contribution in [0.4, 0.5) is 5.69 Å². The van der Waals surface area contributed by atoms with Crippen LogP contribution in [0, 0.1) is 13.8 Å². The van der Waals surface area contributed by atoms with E-state index in [0.717, 1.165) is 22.4 Å². The Labute approximate surface area is 136 Å². The lowest BCUT2D eigenvalue weighted by Crippen LogP contribution is -2.36. The first-order valence-electron chi connectivity index (χ1n) is 7.47. The second kappa shape index (κ2) is 7.54. The minimum absolute atomic E-state index is 0.0115. The molecule has 0 saturated heterocycles. The van der Waals surface area contributed by atoms with Crippen LogP contribution in [0.3, 0.4) is 0 Å². The number of rotatable bonds is 5. The quantitative estimate of drug-likeness (QED) is 0.923. The van der Waals surface area contributed by atoms with Crippen molar-refractivity contribution in [3.63, 3.8) is 0 Å². The van der Waals surface area contributed by atoms with Crippen LogP contribution in [0.1, 0.15) is 23.6 Å². The Bertz CT molecular complexity index is 699. The third kappa shape index (κ3) is 4.92. The Balaban J connectivity index is 2.02. The van der Waals surface area contributed by atoms with Crippen LogP contribution in [0.5, 0.6) is 0 Å². The van der Waals surface area contributed by atoms with Crippen molar-refractivity contribution >= 4 is 17.5 Å². The molecule has 120 valence electrons. The van der Waals surface area contributed by atoms with Crippen LogP contribution >= 0.6 is 0 Å². The average Bonchev–Trinajstić information content (AvgIpc) is 2.50. The van der Waals surface area contributed by atoms with Crippen molar-refractivity contribution in [3.05, 3.63) is 59.4 Å². The summed E-state index contributed by atoms with van der Waals surface area (Å²) in [6.45, 7) is 5.78. The molecule has 1 N–H and O–H groups in total. The van der Waals surface area contributed by atoms with Crippen LogP contribution in [0.2, 0.25) is 0 Å². The number of aromatic nitrogens is 1. The fourth-order valence-electron chi connectivity index (χ4n) is 2.31. The fourth-order valence-corrected chi connectivity index (χ4v) is 2.31. The Morgan fingerprint density at radius 1 is 1.22 bits per heavy atom. The van der Waals surface area contributed by atoms with Crippen LogP contribution in [-0.2, 0) is 16.1 Å². The van der Waals surface area contributed by atoms with Crippen molar-refractivity contribution in [3.8, 4) is 0 Å². The Morgan fingerprint density at radius 3 is 2.61 bits per heavy atom. The highest BCUT2D eigenvalue weighted by atomic mass is 16.2. The van der Waals surface area contributed by atoms with Gasteiger partial charge in [0.25, 0.3) is 0 Å². The van der Waals surface area contributed by atoms with Gasteiger partial charge in [-0.3, -0.25) is 14.6 Å². The van der Waals surface area contributed by atoms with E-state index >= 15 is 0 Å². The zero-order valence-electron chi connectivity index (χ0n) is 13.7. The minimum atomic E-state index is -0.212. The number of hydrogen-bond donors (Lipinski definition) is 1. The van der Waals surface area contributed by atoms with Gasteiger partial charge in [0.1, 0.15) is 6.54 Å². The van der Waals surface area contributed by atoms with Gasteiger partial charge in [0.05, 0.1) is 0 Å². The van der Waals surface area contributed by atoms with Crippen LogP contribution in [0.15, 0.2) is 42.7 Å². The molecule has 0 saturated carbocycles. The SMILES string of the molecule is CC(=O)N(CC(=O)Nc1ccc(C)cc1C)Cc1cccnc1. The molecular weight excluding hydrogens is 290 g/mol. The zero-order valence-corrected chi connectivity index (χ0v) is 13.7. The standard InChI is InChI=1S/C18H21N3O2/c1-13-6-7-17(14(2)9-13)20-18(23)12-21(15(3)22)11-16-5-4-8-19-10-16/h4-10H,11-12H2,1-3H3,(H,20,23). The molecule has 2 amide bonds. The molecule has 0 fully saturated rings. The molecule has 0 radical (unpaired) electrons. The van der Waals surface area contributed by atoms with Gasteiger partial charge < -0.3 is 10.2 Å². The number of benzene rings is 1.